The Hall–Kier alpha value is -1.06. The number of carbonyl (C=O) groups excluding carboxylic acids is 1. The van der Waals surface area contributed by atoms with Gasteiger partial charge in [0, 0.05) is 0 Å². The van der Waals surface area contributed by atoms with Gasteiger partial charge in [0.05, 0.1) is 0 Å². The van der Waals surface area contributed by atoms with Gasteiger partial charge < -0.3 is 10.4 Å². The molecule has 0 aromatic rings. The van der Waals surface area contributed by atoms with Crippen molar-refractivity contribution >= 4 is 12.4 Å². The Bertz CT molecular complexity index is 80.2. The summed E-state index contributed by atoms with van der Waals surface area (Å²) in [6, 6.07) is 0. The van der Waals surface area contributed by atoms with Crippen molar-refractivity contribution in [2.75, 3.05) is 6.54 Å². The highest BCUT2D eigenvalue weighted by Crippen LogP contribution is 1.51. The highest BCUT2D eigenvalue weighted by atomic mass is 16.4. The summed E-state index contributed by atoms with van der Waals surface area (Å²) in [4.78, 5) is 18.9. The van der Waals surface area contributed by atoms with E-state index in [0.717, 1.165) is 0 Å². The van der Waals surface area contributed by atoms with E-state index in [9.17, 15) is 9.59 Å². The van der Waals surface area contributed by atoms with Crippen LogP contribution in [0, 0.1) is 0 Å². The van der Waals surface area contributed by atoms with Gasteiger partial charge in [-0.3, -0.25) is 9.59 Å². The van der Waals surface area contributed by atoms with Crippen molar-refractivity contribution in [1.29, 1.82) is 0 Å². The second-order valence-electron chi connectivity index (χ2n) is 0.892. The third kappa shape index (κ3) is 4.94. The monoisotopic (exact) mass is 103 g/mol. The SMILES string of the molecule is O=CNCC(=O)O. The first-order chi connectivity index (χ1) is 3.27. The van der Waals surface area contributed by atoms with Crippen LogP contribution in [0.3, 0.4) is 0 Å². The van der Waals surface area contributed by atoms with Gasteiger partial charge in [-0.25, -0.2) is 0 Å². The minimum Gasteiger partial charge on any atom is -0.480 e. The van der Waals surface area contributed by atoms with Gasteiger partial charge in [0.1, 0.15) is 6.54 Å². The summed E-state index contributed by atoms with van der Waals surface area (Å²) in [6.07, 6.45) is 0.341. The molecule has 0 aromatic carbocycles. The van der Waals surface area contributed by atoms with E-state index in [0.29, 0.717) is 6.41 Å². The first kappa shape index (κ1) is 5.94. The second kappa shape index (κ2) is 3.14. The van der Waals surface area contributed by atoms with Crippen molar-refractivity contribution < 1.29 is 14.7 Å². The molecule has 40 valence electrons. The smallest absolute Gasteiger partial charge is 0.322 e. The van der Waals surface area contributed by atoms with Crippen molar-refractivity contribution in [2.45, 2.75) is 0 Å². The summed E-state index contributed by atoms with van der Waals surface area (Å²) in [7, 11) is 0. The molecule has 0 saturated heterocycles. The molecule has 2 N–H and O–H groups in total. The lowest BCUT2D eigenvalue weighted by atomic mass is 10.7. The largest absolute Gasteiger partial charge is 0.480 e. The van der Waals surface area contributed by atoms with Crippen LogP contribution in [0.2, 0.25) is 0 Å². The first-order valence-electron chi connectivity index (χ1n) is 1.66. The molecule has 7 heavy (non-hydrogen) atoms. The van der Waals surface area contributed by atoms with Gasteiger partial charge in [0.2, 0.25) is 6.41 Å². The maximum atomic E-state index is 9.54. The molecule has 0 spiro atoms. The number of rotatable bonds is 3. The minimum absolute atomic E-state index is 0.302. The molecule has 0 saturated carbocycles. The van der Waals surface area contributed by atoms with E-state index >= 15 is 0 Å². The van der Waals surface area contributed by atoms with Crippen LogP contribution >= 0.6 is 0 Å². The van der Waals surface area contributed by atoms with Crippen molar-refractivity contribution in [3.63, 3.8) is 0 Å². The van der Waals surface area contributed by atoms with Crippen LogP contribution in [0.5, 0.6) is 0 Å². The predicted molar refractivity (Wildman–Crippen MR) is 21.7 cm³/mol. The fourth-order valence-corrected chi connectivity index (χ4v) is 0.129. The molecule has 1 amide bonds. The number of nitrogens with one attached hydrogen (secondary N) is 1. The summed E-state index contributed by atoms with van der Waals surface area (Å²) in [6.45, 7) is -0.302. The van der Waals surface area contributed by atoms with Crippen molar-refractivity contribution in [1.82, 2.24) is 5.32 Å². The van der Waals surface area contributed by atoms with Crippen LogP contribution in [0.15, 0.2) is 0 Å². The predicted octanol–water partition coefficient (Wildman–Crippen LogP) is -1.18. The molecule has 0 aliphatic heterocycles. The molecule has 0 bridgehead atoms. The third-order valence-electron chi connectivity index (χ3n) is 0.337. The maximum Gasteiger partial charge on any atom is 0.322 e. The molecule has 0 fully saturated rings. The summed E-state index contributed by atoms with van der Waals surface area (Å²) >= 11 is 0. The van der Waals surface area contributed by atoms with Crippen LogP contribution in [0.25, 0.3) is 0 Å². The highest BCUT2D eigenvalue weighted by molar-refractivity contribution is 5.71. The molecular formula is C3H5NO3. The quantitative estimate of drug-likeness (QED) is 0.442. The first-order valence-corrected chi connectivity index (χ1v) is 1.66. The summed E-state index contributed by atoms with van der Waals surface area (Å²) in [5, 5.41) is 9.79. The fraction of sp³-hybridized carbons (Fsp3) is 0.333. The van der Waals surface area contributed by atoms with Crippen molar-refractivity contribution in [2.24, 2.45) is 0 Å². The van der Waals surface area contributed by atoms with Crippen molar-refractivity contribution in [3.05, 3.63) is 0 Å². The van der Waals surface area contributed by atoms with E-state index in [4.69, 9.17) is 5.11 Å². The summed E-state index contributed by atoms with van der Waals surface area (Å²) in [5.74, 6) is -1.04. The number of carbonyl (C=O) groups is 2. The zero-order valence-electron chi connectivity index (χ0n) is 3.55. The van der Waals surface area contributed by atoms with Gasteiger partial charge in [0.15, 0.2) is 0 Å². The van der Waals surface area contributed by atoms with Crippen molar-refractivity contribution in [3.8, 4) is 0 Å². The van der Waals surface area contributed by atoms with E-state index in [1.54, 1.807) is 0 Å². The third-order valence-corrected chi connectivity index (χ3v) is 0.337. The van der Waals surface area contributed by atoms with Crippen LogP contribution < -0.4 is 5.32 Å². The Morgan fingerprint density at radius 1 is 1.86 bits per heavy atom. The van der Waals surface area contributed by atoms with Gasteiger partial charge in [-0.2, -0.15) is 0 Å². The highest BCUT2D eigenvalue weighted by Gasteiger charge is 1.88. The lowest BCUT2D eigenvalue weighted by Gasteiger charge is -1.85. The number of aliphatic carboxylic acids is 1. The lowest BCUT2D eigenvalue weighted by molar-refractivity contribution is -0.136. The van der Waals surface area contributed by atoms with E-state index in [-0.39, 0.29) is 6.54 Å². The minimum atomic E-state index is -1.04. The van der Waals surface area contributed by atoms with Gasteiger partial charge in [-0.05, 0) is 0 Å². The van der Waals surface area contributed by atoms with Gasteiger partial charge in [0.25, 0.3) is 0 Å². The van der Waals surface area contributed by atoms with Crippen LogP contribution in [0.1, 0.15) is 0 Å². The number of carboxylic acids is 1. The van der Waals surface area contributed by atoms with Crippen LogP contribution in [-0.2, 0) is 9.59 Å². The molecular weight excluding hydrogens is 98.0 g/mol. The van der Waals surface area contributed by atoms with Gasteiger partial charge in [-0.15, -0.1) is 0 Å². The van der Waals surface area contributed by atoms with E-state index in [2.05, 4.69) is 0 Å². The standard InChI is InChI=1S/C3H5NO3/c5-2-4-1-3(6)7/h2H,1H2,(H,4,5)(H,6,7). The number of hydrogen-bond donors (Lipinski definition) is 2. The summed E-state index contributed by atoms with van der Waals surface area (Å²) in [5.41, 5.74) is 0. The molecule has 0 atom stereocenters. The molecule has 0 radical (unpaired) electrons. The molecule has 0 aliphatic rings. The Morgan fingerprint density at radius 2 is 2.43 bits per heavy atom. The fourth-order valence-electron chi connectivity index (χ4n) is 0.129. The number of carboxylic acid groups (broad SMARTS) is 1. The summed E-state index contributed by atoms with van der Waals surface area (Å²) < 4.78 is 0. The van der Waals surface area contributed by atoms with Gasteiger partial charge >= 0.3 is 5.97 Å². The normalized spacial score (nSPS) is 7.43. The molecule has 0 rings (SSSR count). The lowest BCUT2D eigenvalue weighted by Crippen LogP contribution is -2.20. The average Bonchev–Trinajstić information content (AvgIpc) is 1.61. The van der Waals surface area contributed by atoms with Crippen LogP contribution in [-0.4, -0.2) is 24.0 Å². The number of hydrogen-bond acceptors (Lipinski definition) is 2. The second-order valence-corrected chi connectivity index (χ2v) is 0.892. The zero-order chi connectivity index (χ0) is 5.70. The molecule has 4 nitrogen and oxygen atoms in total. The maximum absolute atomic E-state index is 9.54. The molecule has 0 aliphatic carbocycles. The van der Waals surface area contributed by atoms with Gasteiger partial charge in [-0.1, -0.05) is 0 Å². The Balaban J connectivity index is 2.97. The van der Waals surface area contributed by atoms with E-state index in [1.165, 1.54) is 0 Å². The zero-order valence-corrected chi connectivity index (χ0v) is 3.55. The Morgan fingerprint density at radius 3 is 2.57 bits per heavy atom. The van der Waals surface area contributed by atoms with E-state index < -0.39 is 5.97 Å². The van der Waals surface area contributed by atoms with E-state index in [1.807, 2.05) is 5.32 Å². The molecule has 4 heteroatoms. The number of amides is 1. The molecule has 0 unspecified atom stereocenters. The van der Waals surface area contributed by atoms with Crippen LogP contribution in [0.4, 0.5) is 0 Å². The molecule has 0 heterocycles. The topological polar surface area (TPSA) is 66.4 Å². The molecule has 0 aromatic heterocycles. The average molecular weight is 103 g/mol. The Kier molecular flexibility index (Phi) is 2.67. The Labute approximate surface area is 40.1 Å².